The largest absolute Gasteiger partial charge is 1.00 e. The van der Waals surface area contributed by atoms with Crippen LogP contribution in [0.4, 0.5) is 26.3 Å². The molecule has 0 aromatic rings. The molecule has 0 saturated carbocycles. The Morgan fingerprint density at radius 3 is 1.86 bits per heavy atom. The second-order valence-corrected chi connectivity index (χ2v) is 2.02. The van der Waals surface area contributed by atoms with E-state index in [0.29, 0.717) is 0 Å². The van der Waals surface area contributed by atoms with Gasteiger partial charge in [-0.2, -0.15) is 22.0 Å². The van der Waals surface area contributed by atoms with Crippen LogP contribution < -0.4 is 24.0 Å². The third-order valence-electron chi connectivity index (χ3n) is 0.960. The normalized spacial score (nSPS) is 14.8. The fraction of sp³-hybridized carbons (Fsp3) is 1.00. The van der Waals surface area contributed by atoms with Gasteiger partial charge in [-0.15, -0.1) is 6.61 Å². The summed E-state index contributed by atoms with van der Waals surface area (Å²) in [6.45, 7) is -2.34. The second kappa shape index (κ2) is 5.85. The molecule has 0 bridgehead atoms. The first-order chi connectivity index (χ1) is 5.72. The quantitative estimate of drug-likeness (QED) is 0.398. The van der Waals surface area contributed by atoms with Crippen molar-refractivity contribution in [2.75, 3.05) is 13.2 Å². The van der Waals surface area contributed by atoms with Gasteiger partial charge in [0.25, 0.3) is 6.17 Å². The molecule has 2 nitrogen and oxygen atoms in total. The minimum Gasteiger partial charge on any atom is -0.853 e. The molecule has 0 aliphatic rings. The van der Waals surface area contributed by atoms with Crippen LogP contribution in [0.25, 0.3) is 0 Å². The van der Waals surface area contributed by atoms with Crippen LogP contribution in [0.2, 0.25) is 0 Å². The summed E-state index contributed by atoms with van der Waals surface area (Å²) in [6, 6.07) is 0. The van der Waals surface area contributed by atoms with Crippen LogP contribution in [0.5, 0.6) is 0 Å². The third kappa shape index (κ3) is 5.10. The number of hydrogen-bond acceptors (Lipinski definition) is 2. The molecule has 0 aromatic carbocycles. The van der Waals surface area contributed by atoms with Crippen LogP contribution in [0.3, 0.4) is 0 Å². The molecule has 0 fully saturated rings. The van der Waals surface area contributed by atoms with Gasteiger partial charge in [-0.25, -0.2) is 4.39 Å². The fourth-order valence-corrected chi connectivity index (χ4v) is 0.441. The molecule has 0 spiro atoms. The number of hydrogen-bond donors (Lipinski definition) is 0. The predicted molar refractivity (Wildman–Crippen MR) is 26.7 cm³/mol. The van der Waals surface area contributed by atoms with Gasteiger partial charge in [0.1, 0.15) is 0 Å². The first kappa shape index (κ1) is 16.5. The van der Waals surface area contributed by atoms with Crippen molar-refractivity contribution in [3.8, 4) is 0 Å². The third-order valence-corrected chi connectivity index (χ3v) is 0.960. The monoisotopic (exact) mass is 218 g/mol. The van der Waals surface area contributed by atoms with Crippen LogP contribution in [0.15, 0.2) is 0 Å². The van der Waals surface area contributed by atoms with Crippen molar-refractivity contribution < 1.29 is 55.0 Å². The van der Waals surface area contributed by atoms with Gasteiger partial charge in [-0.3, -0.25) is 0 Å². The van der Waals surface area contributed by atoms with E-state index in [-0.39, 0.29) is 18.9 Å². The standard InChI is InChI=1S/C5H5F6O2.Li/c6-3(4(7,8)9)5(10,11)13-2-1-12;/h3H,1-2H2;/q-1;+1. The van der Waals surface area contributed by atoms with Gasteiger partial charge >= 0.3 is 31.1 Å². The molecule has 0 saturated heterocycles. The molecule has 0 rings (SSSR count). The van der Waals surface area contributed by atoms with Crippen LogP contribution >= 0.6 is 0 Å². The van der Waals surface area contributed by atoms with Crippen molar-refractivity contribution in [2.45, 2.75) is 18.5 Å². The van der Waals surface area contributed by atoms with E-state index in [2.05, 4.69) is 4.74 Å². The number of halogens is 6. The van der Waals surface area contributed by atoms with Crippen LogP contribution in [-0.4, -0.2) is 31.7 Å². The summed E-state index contributed by atoms with van der Waals surface area (Å²) < 4.78 is 73.2. The average molecular weight is 218 g/mol. The number of alkyl halides is 6. The predicted octanol–water partition coefficient (Wildman–Crippen LogP) is -2.14. The van der Waals surface area contributed by atoms with E-state index < -0.39 is 31.7 Å². The van der Waals surface area contributed by atoms with Gasteiger partial charge in [0.15, 0.2) is 0 Å². The Kier molecular flexibility index (Phi) is 6.91. The van der Waals surface area contributed by atoms with Crippen LogP contribution in [0.1, 0.15) is 0 Å². The minimum atomic E-state index is -5.70. The van der Waals surface area contributed by atoms with Crippen molar-refractivity contribution >= 4 is 0 Å². The summed E-state index contributed by atoms with van der Waals surface area (Å²) in [5.41, 5.74) is 0. The van der Waals surface area contributed by atoms with Gasteiger partial charge in [0, 0.05) is 6.61 Å². The molecular weight excluding hydrogens is 213 g/mol. The Balaban J connectivity index is 0. The van der Waals surface area contributed by atoms with Gasteiger partial charge in [-0.1, -0.05) is 0 Å². The van der Waals surface area contributed by atoms with Gasteiger partial charge in [0.05, 0.1) is 0 Å². The average Bonchev–Trinajstić information content (AvgIpc) is 1.98. The topological polar surface area (TPSA) is 32.3 Å². The summed E-state index contributed by atoms with van der Waals surface area (Å²) in [7, 11) is 0. The maximum Gasteiger partial charge on any atom is 1.00 e. The van der Waals surface area contributed by atoms with Crippen molar-refractivity contribution in [3.05, 3.63) is 0 Å². The van der Waals surface area contributed by atoms with Gasteiger partial charge in [0.2, 0.25) is 0 Å². The smallest absolute Gasteiger partial charge is 0.853 e. The minimum absolute atomic E-state index is 0. The van der Waals surface area contributed by atoms with Crippen molar-refractivity contribution in [2.24, 2.45) is 0 Å². The van der Waals surface area contributed by atoms with Crippen molar-refractivity contribution in [1.29, 1.82) is 0 Å². The molecule has 0 N–H and O–H groups in total. The summed E-state index contributed by atoms with van der Waals surface area (Å²) in [5.74, 6) is 0. The van der Waals surface area contributed by atoms with E-state index in [1.807, 2.05) is 0 Å². The number of rotatable bonds is 4. The van der Waals surface area contributed by atoms with Gasteiger partial charge in [-0.05, 0) is 0 Å². The molecule has 0 amide bonds. The summed E-state index contributed by atoms with van der Waals surface area (Å²) in [6.07, 6.45) is -15.1. The zero-order chi connectivity index (χ0) is 10.7. The molecule has 14 heavy (non-hydrogen) atoms. The Labute approximate surface area is 87.4 Å². The molecule has 0 heterocycles. The summed E-state index contributed by atoms with van der Waals surface area (Å²) in [5, 5.41) is 9.59. The molecule has 1 unspecified atom stereocenters. The second-order valence-electron chi connectivity index (χ2n) is 2.02. The van der Waals surface area contributed by atoms with E-state index in [1.165, 1.54) is 0 Å². The van der Waals surface area contributed by atoms with E-state index in [9.17, 15) is 31.4 Å². The van der Waals surface area contributed by atoms with E-state index in [0.717, 1.165) is 0 Å². The molecule has 0 radical (unpaired) electrons. The molecular formula is C5H5F6LiO2. The molecule has 0 aliphatic carbocycles. The van der Waals surface area contributed by atoms with Gasteiger partial charge < -0.3 is 9.84 Å². The molecule has 9 heteroatoms. The Hall–Kier alpha value is 0.0974. The summed E-state index contributed by atoms with van der Waals surface area (Å²) >= 11 is 0. The Bertz CT molecular complexity index is 161. The SMILES string of the molecule is [Li+].[O-]CCOC(F)(F)C(F)C(F)(F)F. The molecule has 80 valence electrons. The molecule has 0 aromatic heterocycles. The zero-order valence-electron chi connectivity index (χ0n) is 7.08. The van der Waals surface area contributed by atoms with Crippen molar-refractivity contribution in [3.63, 3.8) is 0 Å². The van der Waals surface area contributed by atoms with E-state index >= 15 is 0 Å². The molecule has 0 aliphatic heterocycles. The fourth-order valence-electron chi connectivity index (χ4n) is 0.441. The van der Waals surface area contributed by atoms with E-state index in [4.69, 9.17) is 0 Å². The van der Waals surface area contributed by atoms with Crippen LogP contribution in [0, 0.1) is 0 Å². The summed E-state index contributed by atoms with van der Waals surface area (Å²) in [4.78, 5) is 0. The molecule has 1 atom stereocenters. The number of ether oxygens (including phenoxy) is 1. The van der Waals surface area contributed by atoms with Crippen LogP contribution in [-0.2, 0) is 4.74 Å². The maximum atomic E-state index is 12.0. The zero-order valence-corrected chi connectivity index (χ0v) is 7.08. The maximum absolute atomic E-state index is 12.0. The van der Waals surface area contributed by atoms with Crippen molar-refractivity contribution in [1.82, 2.24) is 0 Å². The Morgan fingerprint density at radius 1 is 1.14 bits per heavy atom. The van der Waals surface area contributed by atoms with E-state index in [1.54, 1.807) is 0 Å². The first-order valence-corrected chi connectivity index (χ1v) is 3.02. The first-order valence-electron chi connectivity index (χ1n) is 3.02. The Morgan fingerprint density at radius 2 is 1.57 bits per heavy atom.